The van der Waals surface area contributed by atoms with Gasteiger partial charge in [0.05, 0.1) is 23.1 Å². The van der Waals surface area contributed by atoms with Crippen molar-refractivity contribution in [1.29, 1.82) is 0 Å². The van der Waals surface area contributed by atoms with Gasteiger partial charge in [0.15, 0.2) is 0 Å². The number of rotatable bonds is 4. The van der Waals surface area contributed by atoms with Crippen LogP contribution in [0, 0.1) is 0 Å². The van der Waals surface area contributed by atoms with E-state index in [2.05, 4.69) is 15.0 Å². The quantitative estimate of drug-likeness (QED) is 0.482. The van der Waals surface area contributed by atoms with Crippen molar-refractivity contribution in [3.63, 3.8) is 0 Å². The van der Waals surface area contributed by atoms with Gasteiger partial charge in [0, 0.05) is 47.9 Å². The van der Waals surface area contributed by atoms with E-state index in [1.165, 1.54) is 17.4 Å². The minimum Gasteiger partial charge on any atom is -0.329 e. The molecule has 2 aromatic heterocycles. The molecule has 150 valence electrons. The second-order valence-corrected chi connectivity index (χ2v) is 8.09. The average molecular weight is 418 g/mol. The highest BCUT2D eigenvalue weighted by Gasteiger charge is 2.25. The molecule has 2 aromatic carbocycles. The predicted octanol–water partition coefficient (Wildman–Crippen LogP) is 4.69. The minimum absolute atomic E-state index is 0.329. The van der Waals surface area contributed by atoms with Gasteiger partial charge < -0.3 is 4.90 Å². The van der Waals surface area contributed by atoms with Crippen molar-refractivity contribution >= 4 is 34.0 Å². The van der Waals surface area contributed by atoms with Gasteiger partial charge >= 0.3 is 5.69 Å². The van der Waals surface area contributed by atoms with Gasteiger partial charge in [-0.3, -0.25) is 14.5 Å². The van der Waals surface area contributed by atoms with E-state index in [1.54, 1.807) is 19.2 Å². The Morgan fingerprint density at radius 2 is 1.93 bits per heavy atom. The molecule has 0 amide bonds. The first kappa shape index (κ1) is 18.8. The highest BCUT2D eigenvalue weighted by atomic mass is 35.5. The first-order valence-electron chi connectivity index (χ1n) is 9.83. The van der Waals surface area contributed by atoms with Crippen molar-refractivity contribution in [2.24, 2.45) is 7.05 Å². The molecule has 1 fully saturated rings. The lowest BCUT2D eigenvalue weighted by molar-refractivity contribution is 0.848. The maximum Gasteiger partial charge on any atom is 0.349 e. The Morgan fingerprint density at radius 1 is 1.10 bits per heavy atom. The molecule has 0 spiro atoms. The molecule has 2 heterocycles. The second kappa shape index (κ2) is 7.22. The van der Waals surface area contributed by atoms with Crippen LogP contribution in [0.2, 0.25) is 5.02 Å². The summed E-state index contributed by atoms with van der Waals surface area (Å²) in [6.45, 7) is 0. The monoisotopic (exact) mass is 417 g/mol. The van der Waals surface area contributed by atoms with Crippen LogP contribution in [-0.2, 0) is 7.05 Å². The Morgan fingerprint density at radius 3 is 2.67 bits per heavy atom. The number of aromatic nitrogens is 4. The van der Waals surface area contributed by atoms with Crippen LogP contribution in [0.3, 0.4) is 0 Å². The molecule has 4 aromatic rings. The average Bonchev–Trinajstić information content (AvgIpc) is 3.62. The van der Waals surface area contributed by atoms with Crippen LogP contribution in [0.15, 0.2) is 59.7 Å². The fraction of sp³-hybridized carbons (Fsp3) is 0.217. The second-order valence-electron chi connectivity index (χ2n) is 7.65. The number of anilines is 2. The lowest BCUT2D eigenvalue weighted by Crippen LogP contribution is -2.24. The lowest BCUT2D eigenvalue weighted by atomic mass is 10.1. The van der Waals surface area contributed by atoms with Gasteiger partial charge in [-0.2, -0.15) is 4.98 Å². The standard InChI is InChI=1S/C23H20ClN5O/c1-28(22-18-9-8-16(24)11-21(18)29(2)23(30)27-22)17-5-3-4-15(10-17)20-13-25-19(12-26-20)14-6-7-14/h3-5,8-14H,6-7H2,1-2H3. The van der Waals surface area contributed by atoms with E-state index in [9.17, 15) is 4.79 Å². The predicted molar refractivity (Wildman–Crippen MR) is 120 cm³/mol. The normalized spacial score (nSPS) is 13.6. The number of hydrogen-bond donors (Lipinski definition) is 0. The van der Waals surface area contributed by atoms with Crippen molar-refractivity contribution in [3.05, 3.63) is 76.1 Å². The lowest BCUT2D eigenvalue weighted by Gasteiger charge is -2.21. The van der Waals surface area contributed by atoms with Crippen LogP contribution in [0.1, 0.15) is 24.5 Å². The van der Waals surface area contributed by atoms with E-state index in [1.807, 2.05) is 54.7 Å². The molecule has 0 N–H and O–H groups in total. The number of aryl methyl sites for hydroxylation is 1. The zero-order chi connectivity index (χ0) is 20.8. The van der Waals surface area contributed by atoms with Gasteiger partial charge in [0.25, 0.3) is 0 Å². The topological polar surface area (TPSA) is 63.9 Å². The van der Waals surface area contributed by atoms with Crippen LogP contribution in [0.5, 0.6) is 0 Å². The molecule has 0 atom stereocenters. The largest absolute Gasteiger partial charge is 0.349 e. The van der Waals surface area contributed by atoms with E-state index < -0.39 is 0 Å². The maximum absolute atomic E-state index is 12.4. The van der Waals surface area contributed by atoms with Gasteiger partial charge in [0.2, 0.25) is 0 Å². The number of nitrogens with zero attached hydrogens (tertiary/aromatic N) is 5. The third kappa shape index (κ3) is 3.33. The number of benzene rings is 2. The summed E-state index contributed by atoms with van der Waals surface area (Å²) in [5.41, 5.74) is 4.17. The minimum atomic E-state index is -0.329. The summed E-state index contributed by atoms with van der Waals surface area (Å²) >= 11 is 6.15. The number of halogens is 1. The Labute approximate surface area is 178 Å². The van der Waals surface area contributed by atoms with E-state index in [-0.39, 0.29) is 5.69 Å². The summed E-state index contributed by atoms with van der Waals surface area (Å²) < 4.78 is 1.51. The van der Waals surface area contributed by atoms with E-state index >= 15 is 0 Å². The van der Waals surface area contributed by atoms with Gasteiger partial charge in [-0.1, -0.05) is 23.7 Å². The van der Waals surface area contributed by atoms with Gasteiger partial charge in [-0.15, -0.1) is 0 Å². The van der Waals surface area contributed by atoms with Gasteiger partial charge in [0.1, 0.15) is 5.82 Å². The fourth-order valence-electron chi connectivity index (χ4n) is 3.63. The van der Waals surface area contributed by atoms with Crippen LogP contribution in [0.25, 0.3) is 22.2 Å². The summed E-state index contributed by atoms with van der Waals surface area (Å²) in [7, 11) is 3.60. The van der Waals surface area contributed by atoms with Crippen molar-refractivity contribution in [1.82, 2.24) is 19.5 Å². The Hall–Kier alpha value is -3.25. The summed E-state index contributed by atoms with van der Waals surface area (Å²) in [4.78, 5) is 27.8. The molecule has 0 saturated heterocycles. The van der Waals surface area contributed by atoms with Gasteiger partial charge in [-0.05, 0) is 43.2 Å². The first-order chi connectivity index (χ1) is 14.5. The zero-order valence-corrected chi connectivity index (χ0v) is 17.5. The van der Waals surface area contributed by atoms with E-state index in [0.29, 0.717) is 16.8 Å². The molecule has 1 saturated carbocycles. The molecule has 30 heavy (non-hydrogen) atoms. The Bertz CT molecular complexity index is 1310. The molecular formula is C23H20ClN5O. The molecule has 0 aliphatic heterocycles. The van der Waals surface area contributed by atoms with E-state index in [0.717, 1.165) is 33.5 Å². The fourth-order valence-corrected chi connectivity index (χ4v) is 3.80. The highest BCUT2D eigenvalue weighted by Crippen LogP contribution is 2.39. The van der Waals surface area contributed by atoms with Crippen LogP contribution in [0.4, 0.5) is 11.5 Å². The molecule has 1 aliphatic carbocycles. The SMILES string of the molecule is CN(c1cccc(-c2cnc(C3CC3)cn2)c1)c1nc(=O)n(C)c2cc(Cl)ccc12. The zero-order valence-electron chi connectivity index (χ0n) is 16.7. The first-order valence-corrected chi connectivity index (χ1v) is 10.2. The van der Waals surface area contributed by atoms with Crippen LogP contribution in [-0.4, -0.2) is 26.6 Å². The summed E-state index contributed by atoms with van der Waals surface area (Å²) in [5, 5.41) is 1.43. The maximum atomic E-state index is 12.4. The van der Waals surface area contributed by atoms with Gasteiger partial charge in [-0.25, -0.2) is 4.79 Å². The number of hydrogen-bond acceptors (Lipinski definition) is 5. The Balaban J connectivity index is 1.56. The number of fused-ring (bicyclic) bond motifs is 1. The molecule has 7 heteroatoms. The third-order valence-electron chi connectivity index (χ3n) is 5.56. The summed E-state index contributed by atoms with van der Waals surface area (Å²) in [5.74, 6) is 1.16. The van der Waals surface area contributed by atoms with Crippen molar-refractivity contribution in [3.8, 4) is 11.3 Å². The molecule has 0 bridgehead atoms. The highest BCUT2D eigenvalue weighted by molar-refractivity contribution is 6.31. The van der Waals surface area contributed by atoms with E-state index in [4.69, 9.17) is 11.6 Å². The molecule has 6 nitrogen and oxygen atoms in total. The van der Waals surface area contributed by atoms with Crippen LogP contribution < -0.4 is 10.6 Å². The van der Waals surface area contributed by atoms with Crippen molar-refractivity contribution in [2.45, 2.75) is 18.8 Å². The third-order valence-corrected chi connectivity index (χ3v) is 5.80. The summed E-state index contributed by atoms with van der Waals surface area (Å²) in [6, 6.07) is 13.5. The van der Waals surface area contributed by atoms with Crippen molar-refractivity contribution < 1.29 is 0 Å². The van der Waals surface area contributed by atoms with Crippen LogP contribution >= 0.6 is 11.6 Å². The molecule has 1 aliphatic rings. The smallest absolute Gasteiger partial charge is 0.329 e. The molecule has 0 radical (unpaired) electrons. The molecule has 0 unspecified atom stereocenters. The Kier molecular flexibility index (Phi) is 4.51. The van der Waals surface area contributed by atoms with Crippen molar-refractivity contribution in [2.75, 3.05) is 11.9 Å². The molecule has 5 rings (SSSR count). The summed E-state index contributed by atoms with van der Waals surface area (Å²) in [6.07, 6.45) is 6.12. The molecular weight excluding hydrogens is 398 g/mol.